The standard InChI is InChI=1S/C13H20N4O/c1-15-13(18)12-7-10(5-6-16-12)17-11-4-2-3-9(11)8-14/h5-7,9,11H,2-4,8,14H2,1H3,(H,15,18)(H,16,17). The lowest BCUT2D eigenvalue weighted by Gasteiger charge is -2.20. The van der Waals surface area contributed by atoms with E-state index in [1.54, 1.807) is 19.3 Å². The molecule has 0 spiro atoms. The number of pyridine rings is 1. The van der Waals surface area contributed by atoms with Gasteiger partial charge in [-0.15, -0.1) is 0 Å². The van der Waals surface area contributed by atoms with Gasteiger partial charge in [-0.1, -0.05) is 6.42 Å². The zero-order chi connectivity index (χ0) is 13.0. The Kier molecular flexibility index (Phi) is 4.15. The van der Waals surface area contributed by atoms with Gasteiger partial charge in [-0.25, -0.2) is 0 Å². The van der Waals surface area contributed by atoms with Gasteiger partial charge in [0, 0.05) is 25.0 Å². The Morgan fingerprint density at radius 1 is 1.56 bits per heavy atom. The Balaban J connectivity index is 2.07. The van der Waals surface area contributed by atoms with Crippen molar-refractivity contribution in [3.8, 4) is 0 Å². The monoisotopic (exact) mass is 248 g/mol. The topological polar surface area (TPSA) is 80.0 Å². The Morgan fingerprint density at radius 2 is 2.39 bits per heavy atom. The molecule has 1 aliphatic rings. The maximum absolute atomic E-state index is 11.5. The van der Waals surface area contributed by atoms with Gasteiger partial charge < -0.3 is 16.4 Å². The van der Waals surface area contributed by atoms with E-state index in [0.717, 1.165) is 12.1 Å². The fourth-order valence-corrected chi connectivity index (χ4v) is 2.50. The molecule has 4 N–H and O–H groups in total. The van der Waals surface area contributed by atoms with Crippen LogP contribution in [0.3, 0.4) is 0 Å². The summed E-state index contributed by atoms with van der Waals surface area (Å²) >= 11 is 0. The van der Waals surface area contributed by atoms with Gasteiger partial charge in [-0.3, -0.25) is 9.78 Å². The first-order chi connectivity index (χ1) is 8.74. The maximum atomic E-state index is 11.5. The zero-order valence-electron chi connectivity index (χ0n) is 10.6. The van der Waals surface area contributed by atoms with Crippen molar-refractivity contribution in [2.75, 3.05) is 18.9 Å². The van der Waals surface area contributed by atoms with Crippen LogP contribution in [0.5, 0.6) is 0 Å². The molecule has 1 heterocycles. The summed E-state index contributed by atoms with van der Waals surface area (Å²) in [5, 5.41) is 6.03. The number of aromatic nitrogens is 1. The van der Waals surface area contributed by atoms with Crippen LogP contribution in [0.15, 0.2) is 18.3 Å². The summed E-state index contributed by atoms with van der Waals surface area (Å²) in [6.07, 6.45) is 5.19. The third-order valence-electron chi connectivity index (χ3n) is 3.53. The van der Waals surface area contributed by atoms with Gasteiger partial charge in [0.2, 0.25) is 0 Å². The molecule has 1 aromatic rings. The van der Waals surface area contributed by atoms with Crippen LogP contribution in [0.2, 0.25) is 0 Å². The molecule has 0 saturated heterocycles. The van der Waals surface area contributed by atoms with Gasteiger partial charge in [0.25, 0.3) is 5.91 Å². The van der Waals surface area contributed by atoms with Crippen molar-refractivity contribution >= 4 is 11.6 Å². The molecule has 5 heteroatoms. The largest absolute Gasteiger partial charge is 0.382 e. The summed E-state index contributed by atoms with van der Waals surface area (Å²) in [4.78, 5) is 15.5. The van der Waals surface area contributed by atoms with E-state index in [1.807, 2.05) is 6.07 Å². The predicted octanol–water partition coefficient (Wildman–Crippen LogP) is 0.980. The number of nitrogens with one attached hydrogen (secondary N) is 2. The molecule has 0 aromatic carbocycles. The molecule has 1 aromatic heterocycles. The van der Waals surface area contributed by atoms with E-state index in [-0.39, 0.29) is 5.91 Å². The van der Waals surface area contributed by atoms with Gasteiger partial charge in [0.05, 0.1) is 0 Å². The number of anilines is 1. The Bertz CT molecular complexity index is 421. The van der Waals surface area contributed by atoms with E-state index in [9.17, 15) is 4.79 Å². The molecule has 2 rings (SSSR count). The second-order valence-electron chi connectivity index (χ2n) is 4.69. The van der Waals surface area contributed by atoms with E-state index < -0.39 is 0 Å². The van der Waals surface area contributed by atoms with Crippen molar-refractivity contribution in [1.29, 1.82) is 0 Å². The van der Waals surface area contributed by atoms with Crippen molar-refractivity contribution in [1.82, 2.24) is 10.3 Å². The van der Waals surface area contributed by atoms with Crippen LogP contribution in [0.25, 0.3) is 0 Å². The molecule has 1 fully saturated rings. The predicted molar refractivity (Wildman–Crippen MR) is 71.4 cm³/mol. The lowest BCUT2D eigenvalue weighted by atomic mass is 10.0. The van der Waals surface area contributed by atoms with Crippen LogP contribution in [0.4, 0.5) is 5.69 Å². The molecule has 0 aliphatic heterocycles. The maximum Gasteiger partial charge on any atom is 0.269 e. The fourth-order valence-electron chi connectivity index (χ4n) is 2.50. The lowest BCUT2D eigenvalue weighted by Crippen LogP contribution is -2.29. The fraction of sp³-hybridized carbons (Fsp3) is 0.538. The molecule has 1 amide bonds. The van der Waals surface area contributed by atoms with Crippen molar-refractivity contribution in [3.05, 3.63) is 24.0 Å². The van der Waals surface area contributed by atoms with E-state index in [4.69, 9.17) is 5.73 Å². The second-order valence-corrected chi connectivity index (χ2v) is 4.69. The van der Waals surface area contributed by atoms with Gasteiger partial charge in [-0.2, -0.15) is 0 Å². The molecule has 5 nitrogen and oxygen atoms in total. The molecular formula is C13H20N4O. The highest BCUT2D eigenvalue weighted by atomic mass is 16.1. The highest BCUT2D eigenvalue weighted by Crippen LogP contribution is 2.27. The molecule has 1 aliphatic carbocycles. The van der Waals surface area contributed by atoms with Crippen molar-refractivity contribution in [2.45, 2.75) is 25.3 Å². The minimum atomic E-state index is -0.166. The first-order valence-electron chi connectivity index (χ1n) is 6.39. The number of carbonyl (C=O) groups is 1. The third kappa shape index (κ3) is 2.79. The van der Waals surface area contributed by atoms with E-state index >= 15 is 0 Å². The SMILES string of the molecule is CNC(=O)c1cc(NC2CCCC2CN)ccn1. The minimum absolute atomic E-state index is 0.166. The molecule has 0 bridgehead atoms. The van der Waals surface area contributed by atoms with Gasteiger partial charge in [0.15, 0.2) is 0 Å². The van der Waals surface area contributed by atoms with Crippen LogP contribution in [0.1, 0.15) is 29.8 Å². The van der Waals surface area contributed by atoms with Crippen LogP contribution >= 0.6 is 0 Å². The van der Waals surface area contributed by atoms with Gasteiger partial charge in [-0.05, 0) is 37.4 Å². The molecule has 18 heavy (non-hydrogen) atoms. The summed E-state index contributed by atoms with van der Waals surface area (Å²) in [6, 6.07) is 4.08. The summed E-state index contributed by atoms with van der Waals surface area (Å²) in [5.74, 6) is 0.363. The number of nitrogens with zero attached hydrogens (tertiary/aromatic N) is 1. The van der Waals surface area contributed by atoms with Crippen molar-refractivity contribution < 1.29 is 4.79 Å². The lowest BCUT2D eigenvalue weighted by molar-refractivity contribution is 0.0958. The van der Waals surface area contributed by atoms with Crippen LogP contribution < -0.4 is 16.4 Å². The molecule has 1 saturated carbocycles. The van der Waals surface area contributed by atoms with E-state index in [0.29, 0.717) is 24.2 Å². The van der Waals surface area contributed by atoms with E-state index in [1.165, 1.54) is 12.8 Å². The number of nitrogens with two attached hydrogens (primary N) is 1. The average molecular weight is 248 g/mol. The third-order valence-corrected chi connectivity index (χ3v) is 3.53. The molecule has 0 radical (unpaired) electrons. The molecular weight excluding hydrogens is 228 g/mol. The Morgan fingerprint density at radius 3 is 3.11 bits per heavy atom. The van der Waals surface area contributed by atoms with Crippen molar-refractivity contribution in [2.24, 2.45) is 11.7 Å². The van der Waals surface area contributed by atoms with Crippen LogP contribution in [-0.4, -0.2) is 30.5 Å². The Labute approximate surface area is 107 Å². The number of carbonyl (C=O) groups excluding carboxylic acids is 1. The number of hydrogen-bond donors (Lipinski definition) is 3. The first kappa shape index (κ1) is 12.8. The smallest absolute Gasteiger partial charge is 0.269 e. The quantitative estimate of drug-likeness (QED) is 0.742. The van der Waals surface area contributed by atoms with Crippen LogP contribution in [-0.2, 0) is 0 Å². The number of amides is 1. The second kappa shape index (κ2) is 5.82. The van der Waals surface area contributed by atoms with Crippen LogP contribution in [0, 0.1) is 5.92 Å². The van der Waals surface area contributed by atoms with Crippen molar-refractivity contribution in [3.63, 3.8) is 0 Å². The molecule has 98 valence electrons. The normalized spacial score (nSPS) is 22.8. The minimum Gasteiger partial charge on any atom is -0.382 e. The number of rotatable bonds is 4. The molecule has 2 unspecified atom stereocenters. The summed E-state index contributed by atoms with van der Waals surface area (Å²) in [7, 11) is 1.60. The summed E-state index contributed by atoms with van der Waals surface area (Å²) in [6.45, 7) is 0.713. The van der Waals surface area contributed by atoms with Gasteiger partial charge >= 0.3 is 0 Å². The Hall–Kier alpha value is -1.62. The van der Waals surface area contributed by atoms with Gasteiger partial charge in [0.1, 0.15) is 5.69 Å². The highest BCUT2D eigenvalue weighted by molar-refractivity contribution is 5.92. The summed E-state index contributed by atoms with van der Waals surface area (Å²) in [5.41, 5.74) is 7.13. The highest BCUT2D eigenvalue weighted by Gasteiger charge is 2.25. The number of hydrogen-bond acceptors (Lipinski definition) is 4. The first-order valence-corrected chi connectivity index (χ1v) is 6.39. The summed E-state index contributed by atoms with van der Waals surface area (Å²) < 4.78 is 0. The average Bonchev–Trinajstić information content (AvgIpc) is 2.85. The molecule has 2 atom stereocenters. The zero-order valence-corrected chi connectivity index (χ0v) is 10.6. The van der Waals surface area contributed by atoms with E-state index in [2.05, 4.69) is 15.6 Å².